The number of rotatable bonds is 6. The van der Waals surface area contributed by atoms with E-state index >= 15 is 0 Å². The van der Waals surface area contributed by atoms with Gasteiger partial charge in [-0.3, -0.25) is 9.69 Å². The van der Waals surface area contributed by atoms with Crippen molar-refractivity contribution in [1.82, 2.24) is 4.90 Å². The van der Waals surface area contributed by atoms with Gasteiger partial charge in [0.1, 0.15) is 0 Å². The molecule has 1 heterocycles. The zero-order chi connectivity index (χ0) is 17.6. The van der Waals surface area contributed by atoms with Gasteiger partial charge >= 0.3 is 0 Å². The van der Waals surface area contributed by atoms with E-state index in [1.54, 1.807) is 0 Å². The molecule has 4 heteroatoms. The molecule has 0 atom stereocenters. The summed E-state index contributed by atoms with van der Waals surface area (Å²) in [7, 11) is 0. The average Bonchev–Trinajstić information content (AvgIpc) is 2.66. The molecule has 0 spiro atoms. The maximum absolute atomic E-state index is 12.8. The van der Waals surface area contributed by atoms with Gasteiger partial charge in [-0.25, -0.2) is 0 Å². The van der Waals surface area contributed by atoms with Gasteiger partial charge < -0.3 is 10.6 Å². The van der Waals surface area contributed by atoms with Crippen molar-refractivity contribution in [3.8, 4) is 0 Å². The number of hydrogen-bond acceptors (Lipinski definition) is 3. The van der Waals surface area contributed by atoms with Crippen molar-refractivity contribution >= 4 is 17.3 Å². The predicted molar refractivity (Wildman–Crippen MR) is 104 cm³/mol. The highest BCUT2D eigenvalue weighted by Gasteiger charge is 2.17. The first-order valence-corrected chi connectivity index (χ1v) is 9.19. The highest BCUT2D eigenvalue weighted by atomic mass is 16.1. The minimum Gasteiger partial charge on any atom is -0.385 e. The summed E-state index contributed by atoms with van der Waals surface area (Å²) in [6, 6.07) is 14.1. The Labute approximate surface area is 150 Å². The molecule has 25 heavy (non-hydrogen) atoms. The van der Waals surface area contributed by atoms with E-state index in [2.05, 4.69) is 47.6 Å². The van der Waals surface area contributed by atoms with Crippen LogP contribution in [0.1, 0.15) is 41.8 Å². The van der Waals surface area contributed by atoms with Crippen LogP contribution in [-0.2, 0) is 13.0 Å². The SMILES string of the molecule is CCN(CC)Cc1cccc(NC(=O)c2cccc3c2CCCN3)c1. The third-order valence-electron chi connectivity index (χ3n) is 4.83. The fraction of sp³-hybridized carbons (Fsp3) is 0.381. The predicted octanol–water partition coefficient (Wildman–Crippen LogP) is 4.14. The molecule has 1 aliphatic rings. The monoisotopic (exact) mass is 337 g/mol. The molecule has 2 aromatic carbocycles. The normalized spacial score (nSPS) is 13.2. The Kier molecular flexibility index (Phi) is 5.71. The first-order valence-electron chi connectivity index (χ1n) is 9.19. The lowest BCUT2D eigenvalue weighted by molar-refractivity contribution is 0.102. The van der Waals surface area contributed by atoms with E-state index in [1.165, 1.54) is 5.56 Å². The van der Waals surface area contributed by atoms with Gasteiger partial charge in [-0.2, -0.15) is 0 Å². The lowest BCUT2D eigenvalue weighted by atomic mass is 9.97. The molecule has 0 saturated heterocycles. The Bertz CT molecular complexity index is 738. The van der Waals surface area contributed by atoms with Crippen LogP contribution in [0.2, 0.25) is 0 Å². The third-order valence-corrected chi connectivity index (χ3v) is 4.83. The van der Waals surface area contributed by atoms with Crippen LogP contribution in [0, 0.1) is 0 Å². The average molecular weight is 337 g/mol. The molecular weight excluding hydrogens is 310 g/mol. The topological polar surface area (TPSA) is 44.4 Å². The molecule has 4 nitrogen and oxygen atoms in total. The second-order valence-electron chi connectivity index (χ2n) is 6.48. The molecule has 1 amide bonds. The van der Waals surface area contributed by atoms with E-state index in [0.29, 0.717) is 0 Å². The summed E-state index contributed by atoms with van der Waals surface area (Å²) in [5.41, 5.74) is 5.08. The number of amides is 1. The number of nitrogens with one attached hydrogen (secondary N) is 2. The van der Waals surface area contributed by atoms with Crippen molar-refractivity contribution in [2.75, 3.05) is 30.3 Å². The summed E-state index contributed by atoms with van der Waals surface area (Å²) in [4.78, 5) is 15.1. The van der Waals surface area contributed by atoms with Crippen LogP contribution in [0.5, 0.6) is 0 Å². The second kappa shape index (κ2) is 8.17. The Morgan fingerprint density at radius 1 is 1.16 bits per heavy atom. The smallest absolute Gasteiger partial charge is 0.256 e. The summed E-state index contributed by atoms with van der Waals surface area (Å²) >= 11 is 0. The molecular formula is C21H27N3O. The van der Waals surface area contributed by atoms with Crippen LogP contribution >= 0.6 is 0 Å². The van der Waals surface area contributed by atoms with Gasteiger partial charge in [-0.1, -0.05) is 32.0 Å². The molecule has 0 aromatic heterocycles. The van der Waals surface area contributed by atoms with Crippen LogP contribution in [0.15, 0.2) is 42.5 Å². The lowest BCUT2D eigenvalue weighted by Gasteiger charge is -2.21. The zero-order valence-corrected chi connectivity index (χ0v) is 15.1. The molecule has 0 bridgehead atoms. The number of fused-ring (bicyclic) bond motifs is 1. The van der Waals surface area contributed by atoms with E-state index in [1.807, 2.05) is 24.3 Å². The number of anilines is 2. The summed E-state index contributed by atoms with van der Waals surface area (Å²) in [6.07, 6.45) is 2.02. The van der Waals surface area contributed by atoms with Gasteiger partial charge in [0.25, 0.3) is 5.91 Å². The Morgan fingerprint density at radius 2 is 1.96 bits per heavy atom. The Hall–Kier alpha value is -2.33. The van der Waals surface area contributed by atoms with Crippen molar-refractivity contribution in [2.45, 2.75) is 33.2 Å². The fourth-order valence-electron chi connectivity index (χ4n) is 3.37. The maximum atomic E-state index is 12.8. The summed E-state index contributed by atoms with van der Waals surface area (Å²) in [5, 5.41) is 6.45. The van der Waals surface area contributed by atoms with E-state index < -0.39 is 0 Å². The molecule has 0 unspecified atom stereocenters. The van der Waals surface area contributed by atoms with Crippen LogP contribution in [0.3, 0.4) is 0 Å². The van der Waals surface area contributed by atoms with E-state index in [4.69, 9.17) is 0 Å². The second-order valence-corrected chi connectivity index (χ2v) is 6.48. The minimum absolute atomic E-state index is 0.0273. The maximum Gasteiger partial charge on any atom is 0.256 e. The van der Waals surface area contributed by atoms with Gasteiger partial charge in [-0.05, 0) is 61.3 Å². The van der Waals surface area contributed by atoms with E-state index in [9.17, 15) is 4.79 Å². The Morgan fingerprint density at radius 3 is 2.76 bits per heavy atom. The van der Waals surface area contributed by atoms with Crippen molar-refractivity contribution < 1.29 is 4.79 Å². The third kappa shape index (κ3) is 4.20. The number of hydrogen-bond donors (Lipinski definition) is 2. The molecule has 3 rings (SSSR count). The summed E-state index contributed by atoms with van der Waals surface area (Å²) in [6.45, 7) is 8.27. The molecule has 0 aliphatic carbocycles. The van der Waals surface area contributed by atoms with E-state index in [0.717, 1.165) is 61.5 Å². The largest absolute Gasteiger partial charge is 0.385 e. The molecule has 0 saturated carbocycles. The number of benzene rings is 2. The van der Waals surface area contributed by atoms with Crippen LogP contribution in [-0.4, -0.2) is 30.4 Å². The molecule has 0 radical (unpaired) electrons. The highest BCUT2D eigenvalue weighted by Crippen LogP contribution is 2.26. The Balaban J connectivity index is 1.75. The summed E-state index contributed by atoms with van der Waals surface area (Å²) < 4.78 is 0. The lowest BCUT2D eigenvalue weighted by Crippen LogP contribution is -2.22. The van der Waals surface area contributed by atoms with Crippen LogP contribution in [0.25, 0.3) is 0 Å². The molecule has 0 fully saturated rings. The highest BCUT2D eigenvalue weighted by molar-refractivity contribution is 6.06. The molecule has 132 valence electrons. The van der Waals surface area contributed by atoms with Crippen LogP contribution in [0.4, 0.5) is 11.4 Å². The van der Waals surface area contributed by atoms with Crippen molar-refractivity contribution in [2.24, 2.45) is 0 Å². The van der Waals surface area contributed by atoms with Gasteiger partial charge in [-0.15, -0.1) is 0 Å². The van der Waals surface area contributed by atoms with Gasteiger partial charge in [0.05, 0.1) is 0 Å². The fourth-order valence-corrected chi connectivity index (χ4v) is 3.37. The number of nitrogens with zero attached hydrogens (tertiary/aromatic N) is 1. The quantitative estimate of drug-likeness (QED) is 0.833. The number of carbonyl (C=O) groups is 1. The molecule has 2 N–H and O–H groups in total. The van der Waals surface area contributed by atoms with Gasteiger partial charge in [0.2, 0.25) is 0 Å². The van der Waals surface area contributed by atoms with Crippen molar-refractivity contribution in [1.29, 1.82) is 0 Å². The van der Waals surface area contributed by atoms with Gasteiger partial charge in [0.15, 0.2) is 0 Å². The standard InChI is InChI=1S/C21H27N3O/c1-3-24(4-2)15-16-8-5-9-17(14-16)23-21(25)19-10-6-12-20-18(19)11-7-13-22-20/h5-6,8-10,12,14,22H,3-4,7,11,13,15H2,1-2H3,(H,23,25). The molecule has 1 aliphatic heterocycles. The number of carbonyl (C=O) groups excluding carboxylic acids is 1. The van der Waals surface area contributed by atoms with Crippen molar-refractivity contribution in [3.63, 3.8) is 0 Å². The minimum atomic E-state index is -0.0273. The first kappa shape index (κ1) is 17.5. The molecule has 2 aromatic rings. The summed E-state index contributed by atoms with van der Waals surface area (Å²) in [5.74, 6) is -0.0273. The first-order chi connectivity index (χ1) is 12.2. The van der Waals surface area contributed by atoms with Gasteiger partial charge in [0, 0.05) is 30.0 Å². The van der Waals surface area contributed by atoms with E-state index in [-0.39, 0.29) is 5.91 Å². The van der Waals surface area contributed by atoms with Crippen LogP contribution < -0.4 is 10.6 Å². The van der Waals surface area contributed by atoms with Crippen molar-refractivity contribution in [3.05, 3.63) is 59.2 Å². The zero-order valence-electron chi connectivity index (χ0n) is 15.1.